The number of carbonyl (C=O) groups is 1. The Hall–Kier alpha value is 1.31. The Morgan fingerprint density at radius 1 is 1.83 bits per heavy atom. The molecule has 0 heterocycles. The first-order valence-electron chi connectivity index (χ1n) is 1.05. The number of hydrogen-bond acceptors (Lipinski definition) is 1. The molecule has 1 nitrogen and oxygen atoms in total. The summed E-state index contributed by atoms with van der Waals surface area (Å²) in [5, 5.41) is -0.285. The first kappa shape index (κ1) is 10.3. The molecule has 4 heteroatoms. The third kappa shape index (κ3) is 9.00. The van der Waals surface area contributed by atoms with Gasteiger partial charge in [0.05, 0.1) is 5.88 Å². The van der Waals surface area contributed by atoms with Crippen LogP contribution in [0.5, 0.6) is 0 Å². The number of alkyl halides is 1. The summed E-state index contributed by atoms with van der Waals surface area (Å²) in [4.78, 5) is 9.54. The molecular formula is C2H4ClNaOS. The summed E-state index contributed by atoms with van der Waals surface area (Å²) in [6, 6.07) is 0. The Morgan fingerprint density at radius 2 is 2.00 bits per heavy atom. The molecule has 0 spiro atoms. The average molecular weight is 135 g/mol. The van der Waals surface area contributed by atoms with Crippen LogP contribution in [0.15, 0.2) is 0 Å². The molecule has 0 aromatic heterocycles. The fourth-order valence-corrected chi connectivity index (χ4v) is 0. The van der Waals surface area contributed by atoms with Crippen molar-refractivity contribution in [2.24, 2.45) is 0 Å². The number of thiol groups is 1. The molecular weight excluding hydrogens is 131 g/mol. The monoisotopic (exact) mass is 134 g/mol. The van der Waals surface area contributed by atoms with Crippen LogP contribution in [0.3, 0.4) is 0 Å². The summed E-state index contributed by atoms with van der Waals surface area (Å²) in [6.07, 6.45) is 0. The van der Waals surface area contributed by atoms with Gasteiger partial charge in [0.2, 0.25) is 5.12 Å². The third-order valence-electron chi connectivity index (χ3n) is 0.114. The predicted molar refractivity (Wildman–Crippen MR) is 31.9 cm³/mol. The van der Waals surface area contributed by atoms with Gasteiger partial charge in [0.15, 0.2) is 0 Å². The molecule has 0 rings (SSSR count). The molecule has 0 N–H and O–H groups in total. The summed E-state index contributed by atoms with van der Waals surface area (Å²) < 4.78 is 0. The van der Waals surface area contributed by atoms with Crippen molar-refractivity contribution in [2.75, 3.05) is 5.88 Å². The molecule has 0 atom stereocenters. The van der Waals surface area contributed by atoms with Crippen molar-refractivity contribution in [1.82, 2.24) is 0 Å². The molecule has 0 aliphatic carbocycles. The van der Waals surface area contributed by atoms with Gasteiger partial charge in [-0.05, 0) is 0 Å². The van der Waals surface area contributed by atoms with Crippen molar-refractivity contribution < 1.29 is 4.79 Å². The Kier molecular flexibility index (Phi) is 10.9. The van der Waals surface area contributed by atoms with Gasteiger partial charge in [-0.2, -0.15) is 0 Å². The number of halogens is 1. The Morgan fingerprint density at radius 3 is 2.00 bits per heavy atom. The van der Waals surface area contributed by atoms with Crippen LogP contribution in [0, 0.1) is 0 Å². The Balaban J connectivity index is 0. The maximum absolute atomic E-state index is 9.54. The molecule has 0 aliphatic rings. The molecule has 32 valence electrons. The second kappa shape index (κ2) is 6.31. The van der Waals surface area contributed by atoms with Crippen LogP contribution in [0.25, 0.3) is 0 Å². The van der Waals surface area contributed by atoms with Crippen LogP contribution < -0.4 is 0 Å². The minimum absolute atomic E-state index is 0. The van der Waals surface area contributed by atoms with Crippen LogP contribution >= 0.6 is 24.2 Å². The van der Waals surface area contributed by atoms with Crippen molar-refractivity contribution >= 4 is 58.9 Å². The van der Waals surface area contributed by atoms with E-state index in [9.17, 15) is 4.79 Å². The van der Waals surface area contributed by atoms with E-state index in [4.69, 9.17) is 11.6 Å². The molecule has 0 saturated carbocycles. The fraction of sp³-hybridized carbons (Fsp3) is 0.500. The van der Waals surface area contributed by atoms with Gasteiger partial charge < -0.3 is 0 Å². The van der Waals surface area contributed by atoms with E-state index in [2.05, 4.69) is 12.6 Å². The normalized spacial score (nSPS) is 6.33. The van der Waals surface area contributed by atoms with Crippen molar-refractivity contribution in [3.05, 3.63) is 0 Å². The van der Waals surface area contributed by atoms with Gasteiger partial charge in [0, 0.05) is 0 Å². The van der Waals surface area contributed by atoms with Crippen LogP contribution in [-0.4, -0.2) is 40.6 Å². The first-order chi connectivity index (χ1) is 2.27. The van der Waals surface area contributed by atoms with E-state index >= 15 is 0 Å². The van der Waals surface area contributed by atoms with Crippen LogP contribution in [-0.2, 0) is 4.79 Å². The summed E-state index contributed by atoms with van der Waals surface area (Å²) in [5.74, 6) is 0.00309. The van der Waals surface area contributed by atoms with E-state index in [0.717, 1.165) is 0 Å². The zero-order valence-electron chi connectivity index (χ0n) is 2.44. The van der Waals surface area contributed by atoms with Gasteiger partial charge in [0.1, 0.15) is 0 Å². The van der Waals surface area contributed by atoms with Crippen molar-refractivity contribution in [3.8, 4) is 0 Å². The van der Waals surface area contributed by atoms with E-state index in [0.29, 0.717) is 0 Å². The second-order valence-corrected chi connectivity index (χ2v) is 1.29. The first-order valence-corrected chi connectivity index (χ1v) is 2.03. The summed E-state index contributed by atoms with van der Waals surface area (Å²) in [5.41, 5.74) is 0. The quantitative estimate of drug-likeness (QED) is 0.304. The van der Waals surface area contributed by atoms with Gasteiger partial charge in [-0.15, -0.1) is 24.2 Å². The van der Waals surface area contributed by atoms with Crippen LogP contribution in [0.2, 0.25) is 0 Å². The standard InChI is InChI=1S/C2H3ClOS.Na.H/c3-1-2(4)5;;/h1H2,(H,4,5);;. The molecule has 0 aromatic carbocycles. The van der Waals surface area contributed by atoms with Crippen molar-refractivity contribution in [1.29, 1.82) is 0 Å². The summed E-state index contributed by atoms with van der Waals surface area (Å²) in [7, 11) is 0. The molecule has 6 heavy (non-hydrogen) atoms. The molecule has 0 saturated heterocycles. The van der Waals surface area contributed by atoms with Crippen LogP contribution in [0.1, 0.15) is 0 Å². The van der Waals surface area contributed by atoms with Gasteiger partial charge in [-0.25, -0.2) is 0 Å². The van der Waals surface area contributed by atoms with Gasteiger partial charge in [0.25, 0.3) is 0 Å². The number of carbonyl (C=O) groups excluding carboxylic acids is 1. The van der Waals surface area contributed by atoms with E-state index in [1.54, 1.807) is 0 Å². The van der Waals surface area contributed by atoms with Gasteiger partial charge in [-0.1, -0.05) is 0 Å². The molecule has 0 aromatic rings. The van der Waals surface area contributed by atoms with E-state index < -0.39 is 0 Å². The molecule has 0 unspecified atom stereocenters. The van der Waals surface area contributed by atoms with Crippen molar-refractivity contribution in [2.45, 2.75) is 0 Å². The fourth-order valence-electron chi connectivity index (χ4n) is 0. The van der Waals surface area contributed by atoms with Crippen molar-refractivity contribution in [3.63, 3.8) is 0 Å². The molecule has 0 bridgehead atoms. The van der Waals surface area contributed by atoms with E-state index in [1.165, 1.54) is 0 Å². The third-order valence-corrected chi connectivity index (χ3v) is 0.702. The molecule has 0 amide bonds. The molecule has 0 aliphatic heterocycles. The zero-order chi connectivity index (χ0) is 4.28. The average Bonchev–Trinajstić information content (AvgIpc) is 1.38. The predicted octanol–water partition coefficient (Wildman–Crippen LogP) is 0.0331. The SMILES string of the molecule is O=C(S)CCl.[NaH]. The zero-order valence-corrected chi connectivity index (χ0v) is 4.09. The topological polar surface area (TPSA) is 17.1 Å². The van der Waals surface area contributed by atoms with Gasteiger partial charge in [-0.3, -0.25) is 4.79 Å². The molecule has 0 fully saturated rings. The summed E-state index contributed by atoms with van der Waals surface area (Å²) in [6.45, 7) is 0. The second-order valence-electron chi connectivity index (χ2n) is 0.527. The number of hydrogen-bond donors (Lipinski definition) is 1. The van der Waals surface area contributed by atoms with Crippen LogP contribution in [0.4, 0.5) is 0 Å². The summed E-state index contributed by atoms with van der Waals surface area (Å²) >= 11 is 8.24. The number of rotatable bonds is 1. The molecule has 0 radical (unpaired) electrons. The van der Waals surface area contributed by atoms with E-state index in [1.807, 2.05) is 0 Å². The maximum atomic E-state index is 9.54. The Bertz CT molecular complexity index is 48.8. The minimum atomic E-state index is -0.285. The van der Waals surface area contributed by atoms with Gasteiger partial charge >= 0.3 is 29.6 Å². The Labute approximate surface area is 69.1 Å². The van der Waals surface area contributed by atoms with E-state index in [-0.39, 0.29) is 40.6 Å².